The highest BCUT2D eigenvalue weighted by Crippen LogP contribution is 2.45. The minimum absolute atomic E-state index is 0.0149. The van der Waals surface area contributed by atoms with Gasteiger partial charge < -0.3 is 19.0 Å². The predicted molar refractivity (Wildman–Crippen MR) is 134 cm³/mol. The van der Waals surface area contributed by atoms with Crippen LogP contribution in [0.25, 0.3) is 16.8 Å². The number of ether oxygens (including phenoxy) is 2. The number of aliphatic hydroxyl groups is 1. The molecule has 4 heterocycles. The van der Waals surface area contributed by atoms with E-state index in [2.05, 4.69) is 29.2 Å². The zero-order valence-corrected chi connectivity index (χ0v) is 19.8. The average Bonchev–Trinajstić information content (AvgIpc) is 3.49. The lowest BCUT2D eigenvalue weighted by Gasteiger charge is -2.51. The summed E-state index contributed by atoms with van der Waals surface area (Å²) >= 11 is 0. The van der Waals surface area contributed by atoms with Crippen LogP contribution in [0.1, 0.15) is 35.4 Å². The third kappa shape index (κ3) is 3.34. The fourth-order valence-corrected chi connectivity index (χ4v) is 6.37. The molecule has 4 aromatic rings. The number of piperidine rings is 1. The second-order valence-electron chi connectivity index (χ2n) is 10.1. The van der Waals surface area contributed by atoms with E-state index in [9.17, 15) is 9.90 Å². The Morgan fingerprint density at radius 2 is 1.67 bits per heavy atom. The highest BCUT2D eigenvalue weighted by molar-refractivity contribution is 5.79. The van der Waals surface area contributed by atoms with Crippen LogP contribution in [0.3, 0.4) is 0 Å². The molecular weight excluding hydrogens is 454 g/mol. The minimum atomic E-state index is -1.04. The first kappa shape index (κ1) is 21.6. The summed E-state index contributed by atoms with van der Waals surface area (Å²) in [5.41, 5.74) is 5.42. The first-order valence-electron chi connectivity index (χ1n) is 12.5. The highest BCUT2D eigenvalue weighted by atomic mass is 16.6. The number of carbonyl (C=O) groups is 1. The summed E-state index contributed by atoms with van der Waals surface area (Å²) in [6, 6.07) is 20.0. The van der Waals surface area contributed by atoms with Crippen LogP contribution in [0.4, 0.5) is 4.79 Å². The van der Waals surface area contributed by atoms with Crippen LogP contribution in [0.15, 0.2) is 79.3 Å². The van der Waals surface area contributed by atoms with Crippen molar-refractivity contribution in [3.05, 3.63) is 95.9 Å². The van der Waals surface area contributed by atoms with Gasteiger partial charge in [0, 0.05) is 42.9 Å². The number of aromatic nitrogens is 2. The standard InChI is InChI=1S/C29H27N3O4/c33-28(36-18-26-24-7-3-1-5-22(24)23-6-2-4-8-25(23)26)32-20-13-29(34,14-21(32)17-35-16-20)19-9-10-27-30-11-12-31(27)15-19/h1-12,15,20-21,26,34H,13-14,16-18H2. The van der Waals surface area contributed by atoms with Gasteiger partial charge in [0.25, 0.3) is 0 Å². The molecule has 2 fully saturated rings. The summed E-state index contributed by atoms with van der Waals surface area (Å²) in [5.74, 6) is 0.0149. The number of rotatable bonds is 3. The molecule has 2 aromatic heterocycles. The molecule has 182 valence electrons. The number of amides is 1. The molecule has 7 rings (SSSR count). The Bertz CT molecular complexity index is 1400. The van der Waals surface area contributed by atoms with Crippen molar-refractivity contribution in [2.45, 2.75) is 36.4 Å². The lowest BCUT2D eigenvalue weighted by Crippen LogP contribution is -2.62. The van der Waals surface area contributed by atoms with Crippen molar-refractivity contribution in [3.63, 3.8) is 0 Å². The number of morpholine rings is 1. The molecule has 2 bridgehead atoms. The van der Waals surface area contributed by atoms with Gasteiger partial charge in [-0.15, -0.1) is 0 Å². The van der Waals surface area contributed by atoms with Crippen LogP contribution < -0.4 is 0 Å². The van der Waals surface area contributed by atoms with Crippen molar-refractivity contribution in [1.29, 1.82) is 0 Å². The normalized spacial score (nSPS) is 25.0. The van der Waals surface area contributed by atoms with Crippen molar-refractivity contribution in [2.24, 2.45) is 0 Å². The van der Waals surface area contributed by atoms with Crippen LogP contribution in [0, 0.1) is 0 Å². The van der Waals surface area contributed by atoms with Crippen LogP contribution in [-0.4, -0.2) is 57.4 Å². The molecule has 7 heteroatoms. The molecule has 0 spiro atoms. The van der Waals surface area contributed by atoms with Gasteiger partial charge in [-0.25, -0.2) is 9.78 Å². The van der Waals surface area contributed by atoms with E-state index in [1.54, 1.807) is 11.1 Å². The van der Waals surface area contributed by atoms with Gasteiger partial charge >= 0.3 is 6.09 Å². The van der Waals surface area contributed by atoms with Crippen LogP contribution in [0.2, 0.25) is 0 Å². The molecule has 2 saturated heterocycles. The van der Waals surface area contributed by atoms with E-state index in [0.29, 0.717) is 26.1 Å². The Morgan fingerprint density at radius 1 is 1.00 bits per heavy atom. The summed E-state index contributed by atoms with van der Waals surface area (Å²) in [5, 5.41) is 11.7. The Hall–Kier alpha value is -3.68. The molecule has 0 radical (unpaired) electrons. The topological polar surface area (TPSA) is 76.3 Å². The minimum Gasteiger partial charge on any atom is -0.448 e. The van der Waals surface area contributed by atoms with Gasteiger partial charge in [0.05, 0.1) is 30.9 Å². The van der Waals surface area contributed by atoms with Crippen LogP contribution in [-0.2, 0) is 15.1 Å². The summed E-state index contributed by atoms with van der Waals surface area (Å²) < 4.78 is 13.7. The number of hydrogen-bond donors (Lipinski definition) is 1. The molecular formula is C29H27N3O4. The number of fused-ring (bicyclic) bond motifs is 6. The number of hydrogen-bond acceptors (Lipinski definition) is 5. The number of carbonyl (C=O) groups excluding carboxylic acids is 1. The number of nitrogens with zero attached hydrogens (tertiary/aromatic N) is 3. The zero-order chi connectivity index (χ0) is 24.3. The molecule has 0 saturated carbocycles. The fraction of sp³-hybridized carbons (Fsp3) is 0.310. The Labute approximate surface area is 208 Å². The average molecular weight is 482 g/mol. The summed E-state index contributed by atoms with van der Waals surface area (Å²) in [4.78, 5) is 19.5. The molecule has 1 N–H and O–H groups in total. The molecule has 7 nitrogen and oxygen atoms in total. The SMILES string of the molecule is O=C(OCC1c2ccccc2-c2ccccc21)N1C2COCC1CC(O)(c1ccc3nccn3c1)C2. The van der Waals surface area contributed by atoms with Gasteiger partial charge in [0.15, 0.2) is 0 Å². The molecule has 2 aliphatic heterocycles. The molecule has 2 atom stereocenters. The first-order valence-corrected chi connectivity index (χ1v) is 12.5. The first-order chi connectivity index (χ1) is 17.6. The number of imidazole rings is 1. The van der Waals surface area contributed by atoms with Gasteiger partial charge in [-0.3, -0.25) is 4.90 Å². The van der Waals surface area contributed by atoms with E-state index in [1.165, 1.54) is 22.3 Å². The van der Waals surface area contributed by atoms with E-state index >= 15 is 0 Å². The van der Waals surface area contributed by atoms with E-state index in [0.717, 1.165) is 11.2 Å². The lowest BCUT2D eigenvalue weighted by molar-refractivity contribution is -0.136. The maximum Gasteiger partial charge on any atom is 0.410 e. The van der Waals surface area contributed by atoms with Crippen LogP contribution in [0.5, 0.6) is 0 Å². The second kappa shape index (κ2) is 8.18. The Morgan fingerprint density at radius 3 is 2.36 bits per heavy atom. The lowest BCUT2D eigenvalue weighted by atomic mass is 9.77. The van der Waals surface area contributed by atoms with Crippen molar-refractivity contribution < 1.29 is 19.4 Å². The second-order valence-corrected chi connectivity index (χ2v) is 10.1. The molecule has 36 heavy (non-hydrogen) atoms. The van der Waals surface area contributed by atoms with Gasteiger partial charge in [0.2, 0.25) is 0 Å². The van der Waals surface area contributed by atoms with E-state index < -0.39 is 5.60 Å². The molecule has 1 amide bonds. The fourth-order valence-electron chi connectivity index (χ4n) is 6.37. The number of benzene rings is 2. The maximum atomic E-state index is 13.4. The smallest absolute Gasteiger partial charge is 0.410 e. The summed E-state index contributed by atoms with van der Waals surface area (Å²) in [7, 11) is 0. The maximum absolute atomic E-state index is 13.4. The van der Waals surface area contributed by atoms with Crippen molar-refractivity contribution in [3.8, 4) is 11.1 Å². The quantitative estimate of drug-likeness (QED) is 0.471. The summed E-state index contributed by atoms with van der Waals surface area (Å²) in [6.07, 6.45) is 6.01. The highest BCUT2D eigenvalue weighted by Gasteiger charge is 2.49. The Balaban J connectivity index is 1.11. The van der Waals surface area contributed by atoms with E-state index in [1.807, 2.05) is 53.2 Å². The van der Waals surface area contributed by atoms with E-state index in [-0.39, 0.29) is 30.7 Å². The largest absolute Gasteiger partial charge is 0.448 e. The van der Waals surface area contributed by atoms with Crippen LogP contribution >= 0.6 is 0 Å². The van der Waals surface area contributed by atoms with Gasteiger partial charge in [-0.1, -0.05) is 54.6 Å². The zero-order valence-electron chi connectivity index (χ0n) is 19.8. The number of pyridine rings is 1. The van der Waals surface area contributed by atoms with Gasteiger partial charge in [0.1, 0.15) is 12.3 Å². The van der Waals surface area contributed by atoms with Gasteiger partial charge in [-0.2, -0.15) is 0 Å². The Kier molecular flexibility index (Phi) is 4.91. The van der Waals surface area contributed by atoms with Gasteiger partial charge in [-0.05, 0) is 28.3 Å². The van der Waals surface area contributed by atoms with Crippen molar-refractivity contribution in [1.82, 2.24) is 14.3 Å². The third-order valence-corrected chi connectivity index (χ3v) is 8.03. The third-order valence-electron chi connectivity index (χ3n) is 8.03. The van der Waals surface area contributed by atoms with Crippen molar-refractivity contribution >= 4 is 11.7 Å². The molecule has 3 aliphatic rings. The molecule has 2 unspecified atom stereocenters. The van der Waals surface area contributed by atoms with E-state index in [4.69, 9.17) is 9.47 Å². The predicted octanol–water partition coefficient (Wildman–Crippen LogP) is 4.33. The summed E-state index contributed by atoms with van der Waals surface area (Å²) in [6.45, 7) is 1.05. The monoisotopic (exact) mass is 481 g/mol. The van der Waals surface area contributed by atoms with Crippen molar-refractivity contribution in [2.75, 3.05) is 19.8 Å². The molecule has 1 aliphatic carbocycles. The molecule has 2 aromatic carbocycles.